The summed E-state index contributed by atoms with van der Waals surface area (Å²) < 4.78 is 0. The summed E-state index contributed by atoms with van der Waals surface area (Å²) in [6.45, 7) is 2.66. The fourth-order valence-electron chi connectivity index (χ4n) is 2.66. The van der Waals surface area contributed by atoms with Crippen molar-refractivity contribution in [2.24, 2.45) is 0 Å². The molecule has 0 saturated carbocycles. The second-order valence-corrected chi connectivity index (χ2v) is 6.03. The summed E-state index contributed by atoms with van der Waals surface area (Å²) >= 11 is 0. The van der Waals surface area contributed by atoms with Gasteiger partial charge in [-0.15, -0.1) is 5.73 Å². The molecule has 0 aliphatic carbocycles. The Balaban J connectivity index is 2.88. The van der Waals surface area contributed by atoms with Crippen molar-refractivity contribution in [1.29, 1.82) is 0 Å². The Morgan fingerprint density at radius 3 is 0.947 bits per heavy atom. The molecule has 0 amide bonds. The highest BCUT2D eigenvalue weighted by atomic mass is 14.5. The molecule has 0 aliphatic rings. The lowest BCUT2D eigenvalue weighted by molar-refractivity contribution is 0.530. The summed E-state index contributed by atoms with van der Waals surface area (Å²) in [6, 6.07) is 0. The van der Waals surface area contributed by atoms with Gasteiger partial charge in [0.25, 0.3) is 0 Å². The molecule has 0 N–H and O–H groups in total. The fraction of sp³-hybridized carbons (Fsp3) is 1.00. The molecule has 0 aromatic carbocycles. The molecule has 0 rings (SSSR count). The largest absolute Gasteiger partial charge is 0.145 e. The molecule has 19 heavy (non-hydrogen) atoms. The summed E-state index contributed by atoms with van der Waals surface area (Å²) in [5.74, 6) is 0. The lowest BCUT2D eigenvalue weighted by atomic mass is 10.0. The van der Waals surface area contributed by atoms with Crippen LogP contribution in [-0.4, -0.2) is 6.54 Å². The van der Waals surface area contributed by atoms with Gasteiger partial charge >= 0.3 is 0 Å². The Morgan fingerprint density at radius 2 is 0.684 bits per heavy atom. The van der Waals surface area contributed by atoms with Gasteiger partial charge < -0.3 is 0 Å². The van der Waals surface area contributed by atoms with Crippen LogP contribution >= 0.6 is 0 Å². The maximum atomic E-state index is 8.67. The van der Waals surface area contributed by atoms with E-state index in [1.165, 1.54) is 96.3 Å². The monoisotopic (exact) mass is 267 g/mol. The molecular formula is C18H37N. The van der Waals surface area contributed by atoms with Crippen LogP contribution in [0.5, 0.6) is 0 Å². The minimum Gasteiger partial charge on any atom is -0.145 e. The zero-order valence-electron chi connectivity index (χ0n) is 13.5. The Hall–Kier alpha value is -0.0400. The van der Waals surface area contributed by atoms with Gasteiger partial charge in [0.05, 0.1) is 0 Å². The highest BCUT2D eigenvalue weighted by molar-refractivity contribution is 4.49. The van der Waals surface area contributed by atoms with Gasteiger partial charge in [-0.3, -0.25) is 0 Å². The van der Waals surface area contributed by atoms with Gasteiger partial charge in [0.2, 0.25) is 0 Å². The van der Waals surface area contributed by atoms with E-state index in [0.717, 1.165) is 6.42 Å². The molecule has 1 heteroatoms. The zero-order valence-corrected chi connectivity index (χ0v) is 13.5. The lowest BCUT2D eigenvalue weighted by Gasteiger charge is -2.03. The second kappa shape index (κ2) is 18.0. The van der Waals surface area contributed by atoms with Gasteiger partial charge in [-0.25, -0.2) is 0 Å². The molecule has 0 unspecified atom stereocenters. The van der Waals surface area contributed by atoms with Gasteiger partial charge in [-0.2, -0.15) is 0 Å². The standard InChI is InChI=1S/C18H37N/c1-2-3-4-5-6-7-8-9-10-11-12-13-14-15-16-17-18-19/h2-18H2,1H3. The van der Waals surface area contributed by atoms with Crippen LogP contribution in [0.3, 0.4) is 0 Å². The molecule has 0 saturated heterocycles. The number of unbranched alkanes of at least 4 members (excludes halogenated alkanes) is 15. The Labute approximate surface area is 122 Å². The predicted octanol–water partition coefficient (Wildman–Crippen LogP) is 6.32. The first-order chi connectivity index (χ1) is 9.41. The molecule has 0 spiro atoms. The Morgan fingerprint density at radius 1 is 0.421 bits per heavy atom. The first kappa shape index (κ1) is 19.0. The SMILES string of the molecule is CCCCCCCCCCCCCCCCCC[N]. The van der Waals surface area contributed by atoms with E-state index in [1.807, 2.05) is 0 Å². The normalized spacial score (nSPS) is 11.1. The third-order valence-electron chi connectivity index (χ3n) is 4.01. The van der Waals surface area contributed by atoms with Crippen LogP contribution in [0.15, 0.2) is 0 Å². The molecule has 0 aliphatic heterocycles. The molecular weight excluding hydrogens is 230 g/mol. The van der Waals surface area contributed by atoms with E-state index >= 15 is 0 Å². The van der Waals surface area contributed by atoms with E-state index in [4.69, 9.17) is 5.73 Å². The minimum atomic E-state index is 0.373. The van der Waals surface area contributed by atoms with E-state index in [0.29, 0.717) is 6.54 Å². The van der Waals surface area contributed by atoms with Gasteiger partial charge in [0.1, 0.15) is 0 Å². The first-order valence-corrected chi connectivity index (χ1v) is 9.02. The van der Waals surface area contributed by atoms with Crippen molar-refractivity contribution in [3.63, 3.8) is 0 Å². The van der Waals surface area contributed by atoms with Crippen LogP contribution in [0.1, 0.15) is 110 Å². The van der Waals surface area contributed by atoms with Crippen molar-refractivity contribution in [1.82, 2.24) is 5.73 Å². The van der Waals surface area contributed by atoms with Crippen molar-refractivity contribution < 1.29 is 0 Å². The Bertz CT molecular complexity index is 129. The van der Waals surface area contributed by atoms with Crippen LogP contribution in [0.4, 0.5) is 0 Å². The summed E-state index contributed by atoms with van der Waals surface area (Å²) in [6.07, 6.45) is 22.2. The topological polar surface area (TPSA) is 22.3 Å². The van der Waals surface area contributed by atoms with Gasteiger partial charge in [-0.1, -0.05) is 103 Å². The van der Waals surface area contributed by atoms with E-state index in [9.17, 15) is 0 Å². The lowest BCUT2D eigenvalue weighted by Crippen LogP contribution is -1.86. The van der Waals surface area contributed by atoms with Crippen LogP contribution < -0.4 is 5.73 Å². The van der Waals surface area contributed by atoms with Gasteiger partial charge in [0.15, 0.2) is 0 Å². The Kier molecular flexibility index (Phi) is 17.9. The van der Waals surface area contributed by atoms with Crippen molar-refractivity contribution >= 4 is 0 Å². The maximum Gasteiger partial charge on any atom is 0.0321 e. The summed E-state index contributed by atoms with van der Waals surface area (Å²) in [5.41, 5.74) is 8.67. The van der Waals surface area contributed by atoms with Gasteiger partial charge in [-0.05, 0) is 6.42 Å². The predicted molar refractivity (Wildman–Crippen MR) is 86.5 cm³/mol. The number of hydrogen-bond acceptors (Lipinski definition) is 0. The van der Waals surface area contributed by atoms with E-state index < -0.39 is 0 Å². The van der Waals surface area contributed by atoms with Gasteiger partial charge in [0, 0.05) is 6.54 Å². The third-order valence-corrected chi connectivity index (χ3v) is 4.01. The number of rotatable bonds is 16. The molecule has 2 radical (unpaired) electrons. The molecule has 0 heterocycles. The fourth-order valence-corrected chi connectivity index (χ4v) is 2.66. The van der Waals surface area contributed by atoms with Crippen molar-refractivity contribution in [3.05, 3.63) is 0 Å². The van der Waals surface area contributed by atoms with E-state index in [1.54, 1.807) is 0 Å². The summed E-state index contributed by atoms with van der Waals surface area (Å²) in [7, 11) is 0. The smallest absolute Gasteiger partial charge is 0.0321 e. The molecule has 114 valence electrons. The quantitative estimate of drug-likeness (QED) is 0.292. The third kappa shape index (κ3) is 18.0. The highest BCUT2D eigenvalue weighted by Crippen LogP contribution is 2.13. The molecule has 1 nitrogen and oxygen atoms in total. The number of hydrogen-bond donors (Lipinski definition) is 0. The van der Waals surface area contributed by atoms with Crippen LogP contribution in [0.2, 0.25) is 0 Å². The molecule has 0 fully saturated rings. The minimum absolute atomic E-state index is 0.373. The number of nitrogens with zero attached hydrogens (tertiary/aromatic N) is 1. The van der Waals surface area contributed by atoms with E-state index in [2.05, 4.69) is 6.92 Å². The highest BCUT2D eigenvalue weighted by Gasteiger charge is 1.94. The van der Waals surface area contributed by atoms with E-state index in [-0.39, 0.29) is 0 Å². The molecule has 0 aromatic heterocycles. The maximum absolute atomic E-state index is 8.67. The molecule has 0 bridgehead atoms. The van der Waals surface area contributed by atoms with Crippen LogP contribution in [0.25, 0.3) is 0 Å². The van der Waals surface area contributed by atoms with Crippen LogP contribution in [0, 0.1) is 0 Å². The first-order valence-electron chi connectivity index (χ1n) is 9.02. The molecule has 0 aromatic rings. The summed E-state index contributed by atoms with van der Waals surface area (Å²) in [5, 5.41) is 0. The van der Waals surface area contributed by atoms with Crippen molar-refractivity contribution in [2.45, 2.75) is 110 Å². The average molecular weight is 268 g/mol. The average Bonchev–Trinajstić information content (AvgIpc) is 2.43. The second-order valence-electron chi connectivity index (χ2n) is 6.03. The van der Waals surface area contributed by atoms with Crippen molar-refractivity contribution in [3.8, 4) is 0 Å². The summed E-state index contributed by atoms with van der Waals surface area (Å²) in [4.78, 5) is 0. The molecule has 0 atom stereocenters. The van der Waals surface area contributed by atoms with Crippen LogP contribution in [-0.2, 0) is 0 Å². The zero-order chi connectivity index (χ0) is 14.0. The van der Waals surface area contributed by atoms with Crippen molar-refractivity contribution in [2.75, 3.05) is 6.54 Å².